The highest BCUT2D eigenvalue weighted by Gasteiger charge is 2.45. The zero-order valence-corrected chi connectivity index (χ0v) is 8.35. The Kier molecular flexibility index (Phi) is 2.09. The Balaban J connectivity index is 2.37. The van der Waals surface area contributed by atoms with Crippen molar-refractivity contribution in [3.05, 3.63) is 0 Å². The van der Waals surface area contributed by atoms with Crippen LogP contribution in [0.2, 0.25) is 0 Å². The lowest BCUT2D eigenvalue weighted by molar-refractivity contribution is 0.0764. The van der Waals surface area contributed by atoms with Crippen molar-refractivity contribution in [2.24, 2.45) is 0 Å². The number of amides is 1. The van der Waals surface area contributed by atoms with E-state index in [2.05, 4.69) is 0 Å². The SMILES string of the molecule is CC1=S(C(=O)O)N2C(=O)S[C@@H]2OC1. The molecule has 2 aliphatic heterocycles. The maximum absolute atomic E-state index is 11.1. The fraction of sp³-hybridized carbons (Fsp3) is 0.500. The van der Waals surface area contributed by atoms with Gasteiger partial charge in [-0.15, -0.1) is 0 Å². The van der Waals surface area contributed by atoms with Crippen LogP contribution in [0, 0.1) is 0 Å². The molecule has 1 saturated heterocycles. The second-order valence-corrected chi connectivity index (χ2v) is 5.58. The maximum atomic E-state index is 11.1. The first-order valence-electron chi connectivity index (χ1n) is 3.52. The zero-order chi connectivity index (χ0) is 9.59. The summed E-state index contributed by atoms with van der Waals surface area (Å²) in [7, 11) is -1.09. The molecule has 0 aromatic carbocycles. The van der Waals surface area contributed by atoms with Crippen LogP contribution < -0.4 is 0 Å². The molecule has 2 heterocycles. The number of hydrogen-bond donors (Lipinski definition) is 1. The Hall–Kier alpha value is -0.530. The highest BCUT2D eigenvalue weighted by atomic mass is 32.2. The van der Waals surface area contributed by atoms with Gasteiger partial charge in [-0.3, -0.25) is 4.79 Å². The Morgan fingerprint density at radius 1 is 1.85 bits per heavy atom. The summed E-state index contributed by atoms with van der Waals surface area (Å²) in [5.74, 6) is 0. The minimum Gasteiger partial charge on any atom is -0.472 e. The van der Waals surface area contributed by atoms with Gasteiger partial charge >= 0.3 is 5.30 Å². The summed E-state index contributed by atoms with van der Waals surface area (Å²) in [4.78, 5) is 22.6. The number of fused-ring (bicyclic) bond motifs is 1. The fourth-order valence-electron chi connectivity index (χ4n) is 1.13. The van der Waals surface area contributed by atoms with E-state index < -0.39 is 16.0 Å². The Bertz CT molecular complexity index is 327. The van der Waals surface area contributed by atoms with Gasteiger partial charge in [-0.25, -0.2) is 9.10 Å². The van der Waals surface area contributed by atoms with Gasteiger partial charge in [0.1, 0.15) is 0 Å². The first kappa shape index (κ1) is 9.04. The summed E-state index contributed by atoms with van der Waals surface area (Å²) in [5.41, 5.74) is -0.379. The number of carbonyl (C=O) groups is 2. The van der Waals surface area contributed by atoms with Gasteiger partial charge < -0.3 is 9.84 Å². The topological polar surface area (TPSA) is 66.8 Å². The van der Waals surface area contributed by atoms with Crippen LogP contribution in [0.4, 0.5) is 9.59 Å². The average Bonchev–Trinajstić information content (AvgIpc) is 2.05. The van der Waals surface area contributed by atoms with Gasteiger partial charge in [0.15, 0.2) is 0 Å². The molecule has 0 saturated carbocycles. The minimum absolute atomic E-state index is 0.213. The molecular formula is C6H7NO4S2. The van der Waals surface area contributed by atoms with E-state index in [0.717, 1.165) is 11.8 Å². The molecule has 7 heteroatoms. The van der Waals surface area contributed by atoms with Crippen molar-refractivity contribution < 1.29 is 19.4 Å². The number of nitrogens with zero attached hydrogens (tertiary/aromatic N) is 1. The van der Waals surface area contributed by atoms with Crippen molar-refractivity contribution in [2.45, 2.75) is 12.5 Å². The Morgan fingerprint density at radius 3 is 3.00 bits per heavy atom. The van der Waals surface area contributed by atoms with Crippen molar-refractivity contribution in [3.8, 4) is 0 Å². The molecule has 0 radical (unpaired) electrons. The van der Waals surface area contributed by atoms with Crippen LogP contribution in [0.15, 0.2) is 0 Å². The van der Waals surface area contributed by atoms with E-state index in [1.807, 2.05) is 0 Å². The van der Waals surface area contributed by atoms with E-state index in [0.29, 0.717) is 11.5 Å². The van der Waals surface area contributed by atoms with Crippen molar-refractivity contribution in [1.29, 1.82) is 0 Å². The number of hydrogen-bond acceptors (Lipinski definition) is 4. The molecule has 0 aliphatic carbocycles. The normalized spacial score (nSPS) is 32.5. The fourth-order valence-corrected chi connectivity index (χ4v) is 3.77. The standard InChI is InChI=1S/C6H7NO4S2/c1-3-2-11-5-7(4(8)12-5)13(3)6(9)10/h5H,2H2,1H3,(H,9,10)/t5-,13?/m0/s1. The second kappa shape index (κ2) is 3.00. The summed E-state index contributed by atoms with van der Waals surface area (Å²) < 4.78 is 6.50. The lowest BCUT2D eigenvalue weighted by atomic mass is 10.5. The molecule has 1 N–H and O–H groups in total. The molecule has 1 fully saturated rings. The van der Waals surface area contributed by atoms with E-state index in [-0.39, 0.29) is 10.8 Å². The highest BCUT2D eigenvalue weighted by Crippen LogP contribution is 2.45. The third-order valence-electron chi connectivity index (χ3n) is 1.69. The van der Waals surface area contributed by atoms with Crippen LogP contribution in [0.3, 0.4) is 0 Å². The van der Waals surface area contributed by atoms with E-state index in [1.54, 1.807) is 6.92 Å². The summed E-state index contributed by atoms with van der Waals surface area (Å²) in [5, 5.41) is 7.71. The molecule has 1 unspecified atom stereocenters. The number of ether oxygens (including phenoxy) is 1. The monoisotopic (exact) mass is 221 g/mol. The van der Waals surface area contributed by atoms with Gasteiger partial charge in [-0.05, 0) is 18.7 Å². The zero-order valence-electron chi connectivity index (χ0n) is 6.72. The minimum atomic E-state index is -1.09. The van der Waals surface area contributed by atoms with Crippen molar-refractivity contribution in [2.75, 3.05) is 6.61 Å². The molecule has 5 nitrogen and oxygen atoms in total. The molecule has 0 aromatic rings. The van der Waals surface area contributed by atoms with E-state index in [4.69, 9.17) is 9.84 Å². The maximum Gasteiger partial charge on any atom is 0.378 e. The van der Waals surface area contributed by atoms with Crippen LogP contribution in [0.5, 0.6) is 0 Å². The van der Waals surface area contributed by atoms with Gasteiger partial charge in [0.2, 0.25) is 5.56 Å². The van der Waals surface area contributed by atoms with Crippen LogP contribution in [-0.4, -0.2) is 37.0 Å². The lowest BCUT2D eigenvalue weighted by Gasteiger charge is -2.42. The van der Waals surface area contributed by atoms with Gasteiger partial charge in [0, 0.05) is 15.5 Å². The third kappa shape index (κ3) is 1.27. The summed E-state index contributed by atoms with van der Waals surface area (Å²) in [6.45, 7) is 2.03. The van der Waals surface area contributed by atoms with Crippen LogP contribution in [-0.2, 0) is 4.74 Å². The second-order valence-electron chi connectivity index (χ2n) is 2.58. The van der Waals surface area contributed by atoms with E-state index in [9.17, 15) is 9.59 Å². The molecule has 13 heavy (non-hydrogen) atoms. The molecule has 0 bridgehead atoms. The molecule has 72 valence electrons. The smallest absolute Gasteiger partial charge is 0.378 e. The molecule has 2 aliphatic rings. The average molecular weight is 221 g/mol. The molecule has 2 rings (SSSR count). The first-order chi connectivity index (χ1) is 6.11. The van der Waals surface area contributed by atoms with Gasteiger partial charge in [-0.1, -0.05) is 0 Å². The van der Waals surface area contributed by atoms with E-state index in [1.165, 1.54) is 4.31 Å². The van der Waals surface area contributed by atoms with E-state index >= 15 is 0 Å². The quantitative estimate of drug-likeness (QED) is 0.628. The van der Waals surface area contributed by atoms with Crippen LogP contribution in [0.25, 0.3) is 0 Å². The number of thioether (sulfide) groups is 1. The van der Waals surface area contributed by atoms with Gasteiger partial charge in [0.25, 0.3) is 5.24 Å². The Morgan fingerprint density at radius 2 is 2.54 bits per heavy atom. The summed E-state index contributed by atoms with van der Waals surface area (Å²) >= 11 is 1.03. The number of carboxylic acid groups (broad SMARTS) is 1. The first-order valence-corrected chi connectivity index (χ1v) is 5.58. The number of rotatable bonds is 0. The summed E-state index contributed by atoms with van der Waals surface area (Å²) in [6.07, 6.45) is 0. The molecule has 0 aromatic heterocycles. The largest absolute Gasteiger partial charge is 0.472 e. The Labute approximate surface area is 81.1 Å². The van der Waals surface area contributed by atoms with Gasteiger partial charge in [0.05, 0.1) is 6.61 Å². The molecule has 2 atom stereocenters. The van der Waals surface area contributed by atoms with Crippen LogP contribution in [0.1, 0.15) is 6.92 Å². The molecular weight excluding hydrogens is 214 g/mol. The molecule has 0 spiro atoms. The van der Waals surface area contributed by atoms with Crippen molar-refractivity contribution in [1.82, 2.24) is 4.31 Å². The lowest BCUT2D eigenvalue weighted by Crippen LogP contribution is -2.49. The van der Waals surface area contributed by atoms with Gasteiger partial charge in [-0.2, -0.15) is 0 Å². The third-order valence-corrected chi connectivity index (χ3v) is 4.75. The predicted molar refractivity (Wildman–Crippen MR) is 50.9 cm³/mol. The van der Waals surface area contributed by atoms with Crippen molar-refractivity contribution in [3.63, 3.8) is 0 Å². The van der Waals surface area contributed by atoms with Crippen LogP contribution >= 0.6 is 22.4 Å². The highest BCUT2D eigenvalue weighted by molar-refractivity contribution is 8.30. The molecule has 1 amide bonds. The number of carbonyl (C=O) groups excluding carboxylic acids is 1. The van der Waals surface area contributed by atoms with Crippen molar-refractivity contribution >= 4 is 37.8 Å². The predicted octanol–water partition coefficient (Wildman–Crippen LogP) is 1.52. The summed E-state index contributed by atoms with van der Waals surface area (Å²) in [6, 6.07) is 0.